The number of allylic oxidation sites excluding steroid dienone is 1. The van der Waals surface area contributed by atoms with Gasteiger partial charge >= 0.3 is 6.18 Å². The van der Waals surface area contributed by atoms with Gasteiger partial charge in [0.25, 0.3) is 0 Å². The molecule has 5 heteroatoms. The highest BCUT2D eigenvalue weighted by Crippen LogP contribution is 2.50. The summed E-state index contributed by atoms with van der Waals surface area (Å²) in [7, 11) is 0. The largest absolute Gasteiger partial charge is 0.416 e. The van der Waals surface area contributed by atoms with Crippen molar-refractivity contribution in [1.82, 2.24) is 0 Å². The molecule has 4 rings (SSSR count). The SMILES string of the molecule is CCSc1c(C2=Cc3cc(C(F)(F)F)ccc3C2C)sc2ccccc12. The number of fused-ring (bicyclic) bond motifs is 2. The molecule has 1 aliphatic carbocycles. The highest BCUT2D eigenvalue weighted by atomic mass is 32.2. The molecular weight excluding hydrogens is 373 g/mol. The maximum absolute atomic E-state index is 13.1. The van der Waals surface area contributed by atoms with Crippen molar-refractivity contribution >= 4 is 44.8 Å². The molecule has 1 unspecified atom stereocenters. The van der Waals surface area contributed by atoms with Gasteiger partial charge in [0, 0.05) is 25.8 Å². The van der Waals surface area contributed by atoms with Gasteiger partial charge < -0.3 is 0 Å². The molecule has 1 heterocycles. The van der Waals surface area contributed by atoms with E-state index in [9.17, 15) is 13.2 Å². The first kappa shape index (κ1) is 17.7. The lowest BCUT2D eigenvalue weighted by molar-refractivity contribution is -0.137. The van der Waals surface area contributed by atoms with E-state index < -0.39 is 11.7 Å². The molecule has 1 aliphatic rings. The van der Waals surface area contributed by atoms with Crippen LogP contribution in [0.4, 0.5) is 13.2 Å². The van der Waals surface area contributed by atoms with Gasteiger partial charge in [-0.25, -0.2) is 0 Å². The van der Waals surface area contributed by atoms with Gasteiger partial charge in [0.1, 0.15) is 0 Å². The van der Waals surface area contributed by atoms with Gasteiger partial charge in [-0.2, -0.15) is 13.2 Å². The smallest absolute Gasteiger partial charge is 0.166 e. The van der Waals surface area contributed by atoms with Crippen molar-refractivity contribution in [3.63, 3.8) is 0 Å². The molecule has 0 spiro atoms. The second-order valence-electron chi connectivity index (χ2n) is 6.35. The number of rotatable bonds is 3. The minimum absolute atomic E-state index is 0.0940. The number of halogens is 3. The average Bonchev–Trinajstić information content (AvgIpc) is 3.13. The van der Waals surface area contributed by atoms with Gasteiger partial charge in [-0.15, -0.1) is 23.1 Å². The summed E-state index contributed by atoms with van der Waals surface area (Å²) in [6.07, 6.45) is -2.37. The van der Waals surface area contributed by atoms with E-state index in [2.05, 4.69) is 26.0 Å². The van der Waals surface area contributed by atoms with Crippen molar-refractivity contribution in [1.29, 1.82) is 0 Å². The molecule has 0 nitrogen and oxygen atoms in total. The molecular formula is C21H17F3S2. The summed E-state index contributed by atoms with van der Waals surface area (Å²) in [6.45, 7) is 4.20. The molecule has 0 bridgehead atoms. The normalized spacial score (nSPS) is 16.8. The van der Waals surface area contributed by atoms with Crippen molar-refractivity contribution in [3.05, 3.63) is 64.0 Å². The van der Waals surface area contributed by atoms with Gasteiger partial charge in [0.2, 0.25) is 0 Å². The van der Waals surface area contributed by atoms with Crippen molar-refractivity contribution in [2.24, 2.45) is 0 Å². The van der Waals surface area contributed by atoms with E-state index in [0.29, 0.717) is 5.56 Å². The zero-order chi connectivity index (χ0) is 18.5. The van der Waals surface area contributed by atoms with Crippen LogP contribution < -0.4 is 0 Å². The van der Waals surface area contributed by atoms with Gasteiger partial charge in [0.05, 0.1) is 5.56 Å². The molecule has 1 atom stereocenters. The monoisotopic (exact) mass is 390 g/mol. The number of alkyl halides is 3. The minimum atomic E-state index is -4.31. The predicted octanol–water partition coefficient (Wildman–Crippen LogP) is 7.69. The third-order valence-electron chi connectivity index (χ3n) is 4.76. The molecule has 0 fully saturated rings. The Morgan fingerprint density at radius 1 is 1.12 bits per heavy atom. The molecule has 0 N–H and O–H groups in total. The zero-order valence-corrected chi connectivity index (χ0v) is 16.0. The van der Waals surface area contributed by atoms with Gasteiger partial charge in [0.15, 0.2) is 0 Å². The van der Waals surface area contributed by atoms with Crippen molar-refractivity contribution in [2.75, 3.05) is 5.75 Å². The van der Waals surface area contributed by atoms with Crippen LogP contribution in [0.1, 0.15) is 41.3 Å². The van der Waals surface area contributed by atoms with Gasteiger partial charge in [-0.05, 0) is 46.7 Å². The molecule has 0 saturated heterocycles. The van der Waals surface area contributed by atoms with Gasteiger partial charge in [-0.1, -0.05) is 38.1 Å². The standard InChI is InChI=1S/C21H17F3S2/c1-3-25-19-16-6-4-5-7-18(16)26-20(19)17-11-13-10-14(21(22,23)24)8-9-15(13)12(17)2/h4-12H,3H2,1-2H3. The molecule has 3 aromatic rings. The Balaban J connectivity index is 1.86. The van der Waals surface area contributed by atoms with E-state index in [1.54, 1.807) is 29.2 Å². The van der Waals surface area contributed by atoms with E-state index in [-0.39, 0.29) is 5.92 Å². The second-order valence-corrected chi connectivity index (χ2v) is 8.68. The van der Waals surface area contributed by atoms with E-state index >= 15 is 0 Å². The van der Waals surface area contributed by atoms with E-state index in [1.165, 1.54) is 32.0 Å². The zero-order valence-electron chi connectivity index (χ0n) is 14.4. The van der Waals surface area contributed by atoms with Crippen LogP contribution >= 0.6 is 23.1 Å². The number of hydrogen-bond donors (Lipinski definition) is 0. The van der Waals surface area contributed by atoms with Gasteiger partial charge in [-0.3, -0.25) is 0 Å². The number of hydrogen-bond acceptors (Lipinski definition) is 2. The van der Waals surface area contributed by atoms with Crippen LogP contribution in [-0.2, 0) is 6.18 Å². The third kappa shape index (κ3) is 2.87. The second kappa shape index (κ2) is 6.46. The van der Waals surface area contributed by atoms with Crippen LogP contribution in [-0.4, -0.2) is 5.75 Å². The van der Waals surface area contributed by atoms with E-state index in [4.69, 9.17) is 0 Å². The first-order valence-corrected chi connectivity index (χ1v) is 10.3. The molecule has 1 aromatic heterocycles. The molecule has 0 amide bonds. The fraction of sp³-hybridized carbons (Fsp3) is 0.238. The van der Waals surface area contributed by atoms with Crippen LogP contribution in [0.2, 0.25) is 0 Å². The number of thiophene rings is 1. The first-order chi connectivity index (χ1) is 12.4. The highest BCUT2D eigenvalue weighted by molar-refractivity contribution is 7.99. The summed E-state index contributed by atoms with van der Waals surface area (Å²) >= 11 is 3.54. The Bertz CT molecular complexity index is 1010. The molecule has 0 saturated carbocycles. The average molecular weight is 390 g/mol. The van der Waals surface area contributed by atoms with Crippen molar-refractivity contribution in [3.8, 4) is 0 Å². The maximum Gasteiger partial charge on any atom is 0.416 e. The van der Waals surface area contributed by atoms with Crippen LogP contribution in [0, 0.1) is 0 Å². The Kier molecular flexibility index (Phi) is 4.40. The molecule has 0 aliphatic heterocycles. The van der Waals surface area contributed by atoms with E-state index in [0.717, 1.165) is 16.9 Å². The molecule has 2 aromatic carbocycles. The Morgan fingerprint density at radius 2 is 1.88 bits per heavy atom. The summed E-state index contributed by atoms with van der Waals surface area (Å²) < 4.78 is 40.4. The topological polar surface area (TPSA) is 0 Å². The molecule has 134 valence electrons. The first-order valence-electron chi connectivity index (χ1n) is 8.47. The summed E-state index contributed by atoms with van der Waals surface area (Å²) in [6, 6.07) is 12.4. The quantitative estimate of drug-likeness (QED) is 0.413. The summed E-state index contributed by atoms with van der Waals surface area (Å²) in [5.41, 5.74) is 2.20. The lowest BCUT2D eigenvalue weighted by Gasteiger charge is -2.13. The number of benzene rings is 2. The maximum atomic E-state index is 13.1. The Morgan fingerprint density at radius 3 is 2.62 bits per heavy atom. The summed E-state index contributed by atoms with van der Waals surface area (Å²) in [5, 5.41) is 1.24. The Hall–Kier alpha value is -1.72. The van der Waals surface area contributed by atoms with Crippen molar-refractivity contribution < 1.29 is 13.2 Å². The number of thioether (sulfide) groups is 1. The fourth-order valence-corrected chi connectivity index (χ4v) is 5.93. The van der Waals surface area contributed by atoms with E-state index in [1.807, 2.05) is 18.2 Å². The fourth-order valence-electron chi connectivity index (χ4n) is 3.49. The molecule has 0 radical (unpaired) electrons. The predicted molar refractivity (Wildman–Crippen MR) is 106 cm³/mol. The lowest BCUT2D eigenvalue weighted by Crippen LogP contribution is -2.05. The van der Waals surface area contributed by atoms with Crippen LogP contribution in [0.25, 0.3) is 21.7 Å². The van der Waals surface area contributed by atoms with Crippen LogP contribution in [0.5, 0.6) is 0 Å². The van der Waals surface area contributed by atoms with Crippen LogP contribution in [0.15, 0.2) is 47.4 Å². The van der Waals surface area contributed by atoms with Crippen LogP contribution in [0.3, 0.4) is 0 Å². The highest BCUT2D eigenvalue weighted by Gasteiger charge is 2.33. The summed E-state index contributed by atoms with van der Waals surface area (Å²) in [4.78, 5) is 2.44. The Labute approximate surface area is 158 Å². The minimum Gasteiger partial charge on any atom is -0.166 e. The lowest BCUT2D eigenvalue weighted by atomic mass is 9.96. The van der Waals surface area contributed by atoms with Crippen molar-refractivity contribution in [2.45, 2.75) is 30.8 Å². The summed E-state index contributed by atoms with van der Waals surface area (Å²) in [5.74, 6) is 1.05. The third-order valence-corrected chi connectivity index (χ3v) is 7.11. The molecule has 26 heavy (non-hydrogen) atoms.